The lowest BCUT2D eigenvalue weighted by Gasteiger charge is -2.36. The van der Waals surface area contributed by atoms with Gasteiger partial charge >= 0.3 is 0 Å². The van der Waals surface area contributed by atoms with Crippen LogP contribution in [-0.4, -0.2) is 28.9 Å². The van der Waals surface area contributed by atoms with Crippen LogP contribution in [0.5, 0.6) is 5.75 Å². The number of ether oxygens (including phenoxy) is 1. The predicted octanol–water partition coefficient (Wildman–Crippen LogP) is 5.35. The number of nitrogens with one attached hydrogen (secondary N) is 1. The molecule has 0 saturated heterocycles. The standard InChI is InChI=1S/C26H24N2O2/c1-2-30-20-14-12-18(13-15-20)25-24-22(21-10-6-7-11-23(21)27-24)16-17-28(25)26(29)19-8-4-3-5-9-19/h3-15,25,27H,2,16-17H2,1H3/t25-/m0/s1. The van der Waals surface area contributed by atoms with Gasteiger partial charge in [0.15, 0.2) is 0 Å². The van der Waals surface area contributed by atoms with E-state index in [1.54, 1.807) is 0 Å². The number of amides is 1. The third kappa shape index (κ3) is 3.14. The minimum Gasteiger partial charge on any atom is -0.494 e. The van der Waals surface area contributed by atoms with Gasteiger partial charge in [-0.25, -0.2) is 0 Å². The molecule has 0 bridgehead atoms. The third-order valence-electron chi connectivity index (χ3n) is 5.82. The summed E-state index contributed by atoms with van der Waals surface area (Å²) in [6, 6.07) is 25.9. The summed E-state index contributed by atoms with van der Waals surface area (Å²) in [6.45, 7) is 3.29. The third-order valence-corrected chi connectivity index (χ3v) is 5.82. The molecule has 0 unspecified atom stereocenters. The molecular formula is C26H24N2O2. The molecule has 3 aromatic carbocycles. The van der Waals surface area contributed by atoms with Gasteiger partial charge in [-0.2, -0.15) is 0 Å². The first-order valence-electron chi connectivity index (χ1n) is 10.4. The van der Waals surface area contributed by atoms with Crippen LogP contribution in [0.3, 0.4) is 0 Å². The summed E-state index contributed by atoms with van der Waals surface area (Å²) >= 11 is 0. The first kappa shape index (κ1) is 18.5. The van der Waals surface area contributed by atoms with Crippen LogP contribution >= 0.6 is 0 Å². The molecule has 1 aliphatic rings. The molecule has 4 nitrogen and oxygen atoms in total. The maximum Gasteiger partial charge on any atom is 0.254 e. The second-order valence-corrected chi connectivity index (χ2v) is 7.58. The summed E-state index contributed by atoms with van der Waals surface area (Å²) in [7, 11) is 0. The summed E-state index contributed by atoms with van der Waals surface area (Å²) in [5, 5.41) is 1.25. The van der Waals surface area contributed by atoms with Gasteiger partial charge in [-0.05, 0) is 54.8 Å². The van der Waals surface area contributed by atoms with Crippen LogP contribution in [0.1, 0.15) is 40.1 Å². The maximum atomic E-state index is 13.5. The molecule has 2 heterocycles. The number of carbonyl (C=O) groups is 1. The van der Waals surface area contributed by atoms with Crippen molar-refractivity contribution in [2.24, 2.45) is 0 Å². The highest BCUT2D eigenvalue weighted by atomic mass is 16.5. The summed E-state index contributed by atoms with van der Waals surface area (Å²) in [4.78, 5) is 19.1. The Morgan fingerprint density at radius 1 is 1.00 bits per heavy atom. The largest absolute Gasteiger partial charge is 0.494 e. The fourth-order valence-electron chi connectivity index (χ4n) is 4.47. The van der Waals surface area contributed by atoms with Crippen molar-refractivity contribution in [3.63, 3.8) is 0 Å². The van der Waals surface area contributed by atoms with E-state index in [4.69, 9.17) is 4.74 Å². The molecule has 1 aromatic heterocycles. The van der Waals surface area contributed by atoms with Crippen molar-refractivity contribution in [2.45, 2.75) is 19.4 Å². The Bertz CT molecular complexity index is 1180. The minimum atomic E-state index is -0.162. The zero-order valence-electron chi connectivity index (χ0n) is 17.0. The molecule has 0 aliphatic carbocycles. The van der Waals surface area contributed by atoms with Crippen molar-refractivity contribution in [1.82, 2.24) is 9.88 Å². The van der Waals surface area contributed by atoms with E-state index in [0.29, 0.717) is 18.7 Å². The van der Waals surface area contributed by atoms with Gasteiger partial charge in [-0.1, -0.05) is 48.5 Å². The van der Waals surface area contributed by atoms with E-state index in [1.165, 1.54) is 10.9 Å². The lowest BCUT2D eigenvalue weighted by molar-refractivity contribution is 0.0692. The molecule has 4 aromatic rings. The van der Waals surface area contributed by atoms with Crippen molar-refractivity contribution in [2.75, 3.05) is 13.2 Å². The molecule has 4 heteroatoms. The number of hydrogen-bond acceptors (Lipinski definition) is 2. The van der Waals surface area contributed by atoms with Crippen molar-refractivity contribution < 1.29 is 9.53 Å². The Balaban J connectivity index is 1.63. The Morgan fingerprint density at radius 3 is 2.50 bits per heavy atom. The molecule has 1 atom stereocenters. The van der Waals surface area contributed by atoms with Gasteiger partial charge in [0, 0.05) is 28.7 Å². The monoisotopic (exact) mass is 396 g/mol. The highest BCUT2D eigenvalue weighted by molar-refractivity contribution is 5.95. The van der Waals surface area contributed by atoms with E-state index >= 15 is 0 Å². The van der Waals surface area contributed by atoms with Crippen LogP contribution in [-0.2, 0) is 6.42 Å². The summed E-state index contributed by atoms with van der Waals surface area (Å²) < 4.78 is 5.62. The zero-order chi connectivity index (χ0) is 20.5. The normalized spacial score (nSPS) is 15.8. The first-order valence-corrected chi connectivity index (χ1v) is 10.4. The molecule has 0 saturated carbocycles. The van der Waals surface area contributed by atoms with Crippen molar-refractivity contribution >= 4 is 16.8 Å². The lowest BCUT2D eigenvalue weighted by Crippen LogP contribution is -2.40. The van der Waals surface area contributed by atoms with Gasteiger partial charge < -0.3 is 14.6 Å². The van der Waals surface area contributed by atoms with Crippen molar-refractivity contribution in [1.29, 1.82) is 0 Å². The van der Waals surface area contributed by atoms with Crippen LogP contribution < -0.4 is 4.74 Å². The number of rotatable bonds is 4. The molecule has 150 valence electrons. The van der Waals surface area contributed by atoms with E-state index in [9.17, 15) is 4.79 Å². The number of aromatic amines is 1. The highest BCUT2D eigenvalue weighted by Crippen LogP contribution is 2.39. The number of fused-ring (bicyclic) bond motifs is 3. The summed E-state index contributed by atoms with van der Waals surface area (Å²) in [6.07, 6.45) is 0.839. The van der Waals surface area contributed by atoms with Crippen LogP contribution in [0.2, 0.25) is 0 Å². The molecule has 5 rings (SSSR count). The molecule has 0 fully saturated rings. The number of aromatic nitrogens is 1. The fraction of sp³-hybridized carbons (Fsp3) is 0.192. The van der Waals surface area contributed by atoms with Gasteiger partial charge in [0.2, 0.25) is 0 Å². The van der Waals surface area contributed by atoms with E-state index in [2.05, 4.69) is 35.3 Å². The van der Waals surface area contributed by atoms with Crippen molar-refractivity contribution in [3.05, 3.63) is 101 Å². The molecular weight excluding hydrogens is 372 g/mol. The second kappa shape index (κ2) is 7.71. The first-order chi connectivity index (χ1) is 14.8. The average molecular weight is 396 g/mol. The van der Waals surface area contributed by atoms with E-state index < -0.39 is 0 Å². The van der Waals surface area contributed by atoms with Crippen LogP contribution in [0.4, 0.5) is 0 Å². The number of hydrogen-bond donors (Lipinski definition) is 1. The number of benzene rings is 3. The average Bonchev–Trinajstić information content (AvgIpc) is 3.18. The molecule has 0 spiro atoms. The molecule has 30 heavy (non-hydrogen) atoms. The van der Waals surface area contributed by atoms with Crippen LogP contribution in [0.25, 0.3) is 10.9 Å². The lowest BCUT2D eigenvalue weighted by atomic mass is 9.91. The van der Waals surface area contributed by atoms with E-state index in [-0.39, 0.29) is 11.9 Å². The Kier molecular flexibility index (Phi) is 4.75. The molecule has 0 radical (unpaired) electrons. The van der Waals surface area contributed by atoms with Crippen LogP contribution in [0, 0.1) is 0 Å². The van der Waals surface area contributed by atoms with Gasteiger partial charge in [0.1, 0.15) is 5.75 Å². The Labute approximate surface area is 176 Å². The quantitative estimate of drug-likeness (QED) is 0.505. The number of H-pyrrole nitrogens is 1. The summed E-state index contributed by atoms with van der Waals surface area (Å²) in [5.41, 5.74) is 5.33. The second-order valence-electron chi connectivity index (χ2n) is 7.58. The zero-order valence-corrected chi connectivity index (χ0v) is 17.0. The summed E-state index contributed by atoms with van der Waals surface area (Å²) in [5.74, 6) is 0.897. The topological polar surface area (TPSA) is 45.3 Å². The molecule has 1 N–H and O–H groups in total. The highest BCUT2D eigenvalue weighted by Gasteiger charge is 2.34. The van der Waals surface area contributed by atoms with Gasteiger partial charge in [0.25, 0.3) is 5.91 Å². The number of nitrogens with zero attached hydrogens (tertiary/aromatic N) is 1. The van der Waals surface area contributed by atoms with E-state index in [1.807, 2.05) is 60.4 Å². The number of carbonyl (C=O) groups excluding carboxylic acids is 1. The Hall–Kier alpha value is -3.53. The smallest absolute Gasteiger partial charge is 0.254 e. The molecule has 1 aliphatic heterocycles. The van der Waals surface area contributed by atoms with Gasteiger partial charge in [-0.15, -0.1) is 0 Å². The van der Waals surface area contributed by atoms with Gasteiger partial charge in [0.05, 0.1) is 12.6 Å². The van der Waals surface area contributed by atoms with Crippen molar-refractivity contribution in [3.8, 4) is 5.75 Å². The molecule has 1 amide bonds. The fourth-order valence-corrected chi connectivity index (χ4v) is 4.47. The Morgan fingerprint density at radius 2 is 1.73 bits per heavy atom. The minimum absolute atomic E-state index is 0.0544. The maximum absolute atomic E-state index is 13.5. The van der Waals surface area contributed by atoms with Crippen LogP contribution in [0.15, 0.2) is 78.9 Å². The predicted molar refractivity (Wildman–Crippen MR) is 119 cm³/mol. The SMILES string of the molecule is CCOc1ccc([C@H]2c3[nH]c4ccccc4c3CCN2C(=O)c2ccccc2)cc1. The number of para-hydroxylation sites is 1. The van der Waals surface area contributed by atoms with E-state index in [0.717, 1.165) is 28.9 Å². The van der Waals surface area contributed by atoms with Gasteiger partial charge in [-0.3, -0.25) is 4.79 Å².